The fourth-order valence-electron chi connectivity index (χ4n) is 1.45. The molecule has 0 aromatic rings. The Bertz CT molecular complexity index is 215. The lowest BCUT2D eigenvalue weighted by Gasteiger charge is -2.06. The van der Waals surface area contributed by atoms with E-state index in [0.717, 1.165) is 31.7 Å². The Morgan fingerprint density at radius 3 is 1.88 bits per heavy atom. The van der Waals surface area contributed by atoms with Gasteiger partial charge in [-0.05, 0) is 12.5 Å². The fraction of sp³-hybridized carbons (Fsp3) is 0.900. The molecule has 0 aliphatic rings. The van der Waals surface area contributed by atoms with Crippen molar-refractivity contribution in [2.24, 2.45) is 4.99 Å². The second kappa shape index (κ2) is 10.6. The highest BCUT2D eigenvalue weighted by Gasteiger charge is 2.23. The zero-order chi connectivity index (χ0) is 12.3. The van der Waals surface area contributed by atoms with Crippen LogP contribution in [0.5, 0.6) is 0 Å². The molecule has 0 aliphatic carbocycles. The van der Waals surface area contributed by atoms with Gasteiger partial charge in [-0.15, -0.1) is 33.2 Å². The Hall–Kier alpha value is 0.467. The van der Waals surface area contributed by atoms with Crippen molar-refractivity contribution in [3.8, 4) is 0 Å². The van der Waals surface area contributed by atoms with Gasteiger partial charge >= 0.3 is 6.00 Å². The molecule has 0 aromatic heterocycles. The highest BCUT2D eigenvalue weighted by molar-refractivity contribution is 7.64. The molecule has 0 bridgehead atoms. The number of aliphatic imine (C=N–C) groups is 1. The summed E-state index contributed by atoms with van der Waals surface area (Å²) in [6.07, 6.45) is 9.43. The molecule has 6 heteroatoms. The van der Waals surface area contributed by atoms with Crippen LogP contribution >= 0.6 is 33.2 Å². The zero-order valence-electron chi connectivity index (χ0n) is 9.35. The summed E-state index contributed by atoms with van der Waals surface area (Å²) < 4.78 is 0. The van der Waals surface area contributed by atoms with Crippen LogP contribution in [0.25, 0.3) is 0 Å². The van der Waals surface area contributed by atoms with Crippen LogP contribution < -0.4 is 0 Å². The van der Waals surface area contributed by atoms with Crippen LogP contribution in [0.2, 0.25) is 6.04 Å². The van der Waals surface area contributed by atoms with E-state index in [1.54, 1.807) is 6.08 Å². The van der Waals surface area contributed by atoms with Gasteiger partial charge in [0.25, 0.3) is 0 Å². The minimum absolute atomic E-state index is 0.613. The standard InChI is InChI=1S/C10H18Cl3NOSi/c11-16(12,13)9-7-5-3-1-2-4-6-8-14-10-15/h1-9H2. The topological polar surface area (TPSA) is 29.4 Å². The third-order valence-corrected chi connectivity index (χ3v) is 4.92. The third kappa shape index (κ3) is 14.5. The van der Waals surface area contributed by atoms with Gasteiger partial charge in [-0.2, -0.15) is 0 Å². The van der Waals surface area contributed by atoms with Crippen molar-refractivity contribution in [2.45, 2.75) is 51.0 Å². The van der Waals surface area contributed by atoms with Gasteiger partial charge in [-0.3, -0.25) is 0 Å². The molecule has 16 heavy (non-hydrogen) atoms. The average molecular weight is 303 g/mol. The molecule has 0 N–H and O–H groups in total. The van der Waals surface area contributed by atoms with Crippen molar-refractivity contribution < 1.29 is 4.79 Å². The van der Waals surface area contributed by atoms with Crippen molar-refractivity contribution in [1.82, 2.24) is 0 Å². The summed E-state index contributed by atoms with van der Waals surface area (Å²) in [5, 5.41) is 0. The van der Waals surface area contributed by atoms with E-state index in [1.807, 2.05) is 0 Å². The monoisotopic (exact) mass is 301 g/mol. The van der Waals surface area contributed by atoms with Crippen LogP contribution in [-0.4, -0.2) is 18.6 Å². The summed E-state index contributed by atoms with van der Waals surface area (Å²) in [6.45, 7) is 0.613. The van der Waals surface area contributed by atoms with Crippen molar-refractivity contribution in [3.05, 3.63) is 0 Å². The first-order chi connectivity index (χ1) is 7.56. The van der Waals surface area contributed by atoms with Crippen LogP contribution in [-0.2, 0) is 4.79 Å². The summed E-state index contributed by atoms with van der Waals surface area (Å²) in [6, 6.07) is -1.61. The number of unbranched alkanes of at least 4 members (excludes halogenated alkanes) is 6. The molecule has 2 nitrogen and oxygen atoms in total. The van der Waals surface area contributed by atoms with E-state index in [2.05, 4.69) is 4.99 Å². The van der Waals surface area contributed by atoms with E-state index in [0.29, 0.717) is 6.54 Å². The highest BCUT2D eigenvalue weighted by atomic mass is 35.8. The molecule has 0 amide bonds. The quantitative estimate of drug-likeness (QED) is 0.189. The number of halogens is 3. The smallest absolute Gasteiger partial charge is 0.211 e. The lowest BCUT2D eigenvalue weighted by atomic mass is 10.1. The van der Waals surface area contributed by atoms with Crippen molar-refractivity contribution in [1.29, 1.82) is 0 Å². The summed E-state index contributed by atoms with van der Waals surface area (Å²) in [5.74, 6) is 0. The molecular weight excluding hydrogens is 285 g/mol. The van der Waals surface area contributed by atoms with E-state index in [1.165, 1.54) is 19.3 Å². The van der Waals surface area contributed by atoms with Crippen LogP contribution in [0.4, 0.5) is 0 Å². The third-order valence-electron chi connectivity index (χ3n) is 2.29. The molecule has 0 fully saturated rings. The molecule has 0 radical (unpaired) electrons. The zero-order valence-corrected chi connectivity index (χ0v) is 12.6. The molecule has 0 atom stereocenters. The maximum Gasteiger partial charge on any atom is 0.341 e. The van der Waals surface area contributed by atoms with E-state index >= 15 is 0 Å². The second-order valence-corrected chi connectivity index (χ2v) is 13.1. The fourth-order valence-corrected chi connectivity index (χ4v) is 3.30. The van der Waals surface area contributed by atoms with Crippen molar-refractivity contribution >= 4 is 45.3 Å². The summed E-state index contributed by atoms with van der Waals surface area (Å²) in [4.78, 5) is 13.3. The maximum absolute atomic E-state index is 9.77. The van der Waals surface area contributed by atoms with Crippen LogP contribution in [0.3, 0.4) is 0 Å². The predicted molar refractivity (Wildman–Crippen MR) is 73.4 cm³/mol. The molecule has 0 unspecified atom stereocenters. The Morgan fingerprint density at radius 2 is 1.38 bits per heavy atom. The molecule has 0 rings (SSSR count). The lowest BCUT2D eigenvalue weighted by molar-refractivity contribution is 0.559. The molecule has 0 saturated carbocycles. The molecule has 0 aromatic carbocycles. The van der Waals surface area contributed by atoms with E-state index in [9.17, 15) is 4.79 Å². The van der Waals surface area contributed by atoms with Crippen LogP contribution in [0.1, 0.15) is 44.9 Å². The molecule has 0 aliphatic heterocycles. The largest absolute Gasteiger partial charge is 0.341 e. The Morgan fingerprint density at radius 1 is 0.875 bits per heavy atom. The molecule has 0 heterocycles. The summed E-state index contributed by atoms with van der Waals surface area (Å²) in [7, 11) is 0. The molecule has 0 spiro atoms. The van der Waals surface area contributed by atoms with Gasteiger partial charge in [0.05, 0.1) is 6.54 Å². The van der Waals surface area contributed by atoms with Gasteiger partial charge in [-0.1, -0.05) is 38.5 Å². The molecule has 0 saturated heterocycles. The Balaban J connectivity index is 3.07. The first-order valence-electron chi connectivity index (χ1n) is 5.66. The number of rotatable bonds is 10. The van der Waals surface area contributed by atoms with Gasteiger partial charge in [0.15, 0.2) is 0 Å². The maximum atomic E-state index is 9.77. The number of isocyanates is 1. The van der Waals surface area contributed by atoms with Crippen molar-refractivity contribution in [3.63, 3.8) is 0 Å². The first-order valence-corrected chi connectivity index (χ1v) is 10.9. The number of hydrogen-bond acceptors (Lipinski definition) is 2. The number of nitrogens with zero attached hydrogens (tertiary/aromatic N) is 1. The predicted octanol–water partition coefficient (Wildman–Crippen LogP) is 4.71. The van der Waals surface area contributed by atoms with E-state index in [4.69, 9.17) is 33.2 Å². The van der Waals surface area contributed by atoms with Gasteiger partial charge in [0.1, 0.15) is 0 Å². The van der Waals surface area contributed by atoms with Gasteiger partial charge in [-0.25, -0.2) is 9.79 Å². The second-order valence-electron chi connectivity index (χ2n) is 3.81. The lowest BCUT2D eigenvalue weighted by Crippen LogP contribution is -2.07. The minimum atomic E-state index is -2.38. The average Bonchev–Trinajstić information content (AvgIpc) is 2.19. The van der Waals surface area contributed by atoms with E-state index < -0.39 is 6.00 Å². The van der Waals surface area contributed by atoms with Gasteiger partial charge in [0, 0.05) is 0 Å². The van der Waals surface area contributed by atoms with E-state index in [-0.39, 0.29) is 0 Å². The molecular formula is C10H18Cl3NOSi. The normalized spacial score (nSPS) is 11.2. The van der Waals surface area contributed by atoms with Gasteiger partial charge < -0.3 is 0 Å². The Labute approximate surface area is 112 Å². The summed E-state index contributed by atoms with van der Waals surface area (Å²) >= 11 is 17.3. The van der Waals surface area contributed by atoms with Crippen LogP contribution in [0, 0.1) is 0 Å². The van der Waals surface area contributed by atoms with Gasteiger partial charge in [0.2, 0.25) is 6.08 Å². The Kier molecular flexibility index (Phi) is 10.9. The number of hydrogen-bond donors (Lipinski definition) is 0. The minimum Gasteiger partial charge on any atom is -0.211 e. The number of carbonyl (C=O) groups excluding carboxylic acids is 1. The molecule has 94 valence electrons. The first kappa shape index (κ1) is 16.5. The van der Waals surface area contributed by atoms with Crippen molar-refractivity contribution in [2.75, 3.05) is 6.54 Å². The van der Waals surface area contributed by atoms with Crippen LogP contribution in [0.15, 0.2) is 4.99 Å². The summed E-state index contributed by atoms with van der Waals surface area (Å²) in [5.41, 5.74) is 0. The highest BCUT2D eigenvalue weighted by Crippen LogP contribution is 2.27. The SMILES string of the molecule is O=C=NCCCCCCCCC[Si](Cl)(Cl)Cl.